The number of carboxylic acids is 1. The Morgan fingerprint density at radius 3 is 3.00 bits per heavy atom. The molecule has 2 unspecified atom stereocenters. The predicted molar refractivity (Wildman–Crippen MR) is 41.0 cm³/mol. The molecule has 1 fully saturated rings. The number of hydrogen-bond donors (Lipinski definition) is 2. The van der Waals surface area contributed by atoms with Crippen molar-refractivity contribution in [1.82, 2.24) is 5.32 Å². The molecule has 0 amide bonds. The van der Waals surface area contributed by atoms with Gasteiger partial charge in [-0.2, -0.15) is 0 Å². The Kier molecular flexibility index (Phi) is 3.46. The molecule has 0 radical (unpaired) electrons. The second-order valence-electron chi connectivity index (χ2n) is 2.71. The highest BCUT2D eigenvalue weighted by atomic mass is 16.5. The fourth-order valence-corrected chi connectivity index (χ4v) is 1.08. The van der Waals surface area contributed by atoms with E-state index >= 15 is 0 Å². The van der Waals surface area contributed by atoms with Gasteiger partial charge in [0.05, 0.1) is 19.3 Å². The lowest BCUT2D eigenvalue weighted by atomic mass is 10.2. The van der Waals surface area contributed by atoms with E-state index in [1.165, 1.54) is 0 Å². The highest BCUT2D eigenvalue weighted by Gasteiger charge is 2.25. The van der Waals surface area contributed by atoms with E-state index in [2.05, 4.69) is 5.32 Å². The van der Waals surface area contributed by atoms with E-state index in [4.69, 9.17) is 14.6 Å². The quantitative estimate of drug-likeness (QED) is 0.580. The van der Waals surface area contributed by atoms with Gasteiger partial charge in [-0.25, -0.2) is 0 Å². The van der Waals surface area contributed by atoms with Crippen molar-refractivity contribution in [2.75, 3.05) is 26.9 Å². The fraction of sp³-hybridized carbons (Fsp3) is 0.857. The smallest absolute Gasteiger partial charge is 0.323 e. The van der Waals surface area contributed by atoms with Crippen molar-refractivity contribution >= 4 is 5.97 Å². The molecule has 5 heteroatoms. The zero-order valence-electron chi connectivity index (χ0n) is 6.95. The van der Waals surface area contributed by atoms with Gasteiger partial charge in [-0.1, -0.05) is 0 Å². The Hall–Kier alpha value is -0.650. The van der Waals surface area contributed by atoms with E-state index in [0.29, 0.717) is 13.2 Å². The van der Waals surface area contributed by atoms with Crippen LogP contribution in [0, 0.1) is 0 Å². The van der Waals surface area contributed by atoms with Crippen LogP contribution in [0.2, 0.25) is 0 Å². The zero-order valence-corrected chi connectivity index (χ0v) is 6.95. The number of aliphatic carboxylic acids is 1. The van der Waals surface area contributed by atoms with Gasteiger partial charge in [0.1, 0.15) is 6.04 Å². The van der Waals surface area contributed by atoms with E-state index in [1.54, 1.807) is 7.11 Å². The lowest BCUT2D eigenvalue weighted by Crippen LogP contribution is -2.51. The van der Waals surface area contributed by atoms with Gasteiger partial charge in [0, 0.05) is 13.7 Å². The van der Waals surface area contributed by atoms with Crippen LogP contribution in [-0.4, -0.2) is 50.1 Å². The largest absolute Gasteiger partial charge is 0.480 e. The van der Waals surface area contributed by atoms with Crippen molar-refractivity contribution in [1.29, 1.82) is 0 Å². The van der Waals surface area contributed by atoms with Gasteiger partial charge < -0.3 is 14.6 Å². The topological polar surface area (TPSA) is 67.8 Å². The minimum atomic E-state index is -0.870. The maximum atomic E-state index is 10.4. The number of methoxy groups -OCH3 is 1. The van der Waals surface area contributed by atoms with Crippen molar-refractivity contribution in [2.24, 2.45) is 0 Å². The summed E-state index contributed by atoms with van der Waals surface area (Å²) >= 11 is 0. The first-order valence-corrected chi connectivity index (χ1v) is 3.80. The molecular formula is C7H13NO4. The van der Waals surface area contributed by atoms with Gasteiger partial charge >= 0.3 is 5.97 Å². The molecule has 1 heterocycles. The number of rotatable bonds is 3. The predicted octanol–water partition coefficient (Wildman–Crippen LogP) is -0.926. The molecule has 2 N–H and O–H groups in total. The lowest BCUT2D eigenvalue weighted by Gasteiger charge is -2.27. The fourth-order valence-electron chi connectivity index (χ4n) is 1.08. The van der Waals surface area contributed by atoms with Crippen LogP contribution in [0.5, 0.6) is 0 Å². The summed E-state index contributed by atoms with van der Waals surface area (Å²) in [6.45, 7) is 1.24. The van der Waals surface area contributed by atoms with Crippen LogP contribution in [0.25, 0.3) is 0 Å². The number of morpholine rings is 1. The molecule has 0 saturated carbocycles. The summed E-state index contributed by atoms with van der Waals surface area (Å²) in [6.07, 6.45) is -0.0226. The number of hydrogen-bond acceptors (Lipinski definition) is 4. The van der Waals surface area contributed by atoms with Gasteiger partial charge in [0.2, 0.25) is 0 Å². The molecule has 0 bridgehead atoms. The number of nitrogens with one attached hydrogen (secondary N) is 1. The Morgan fingerprint density at radius 1 is 1.83 bits per heavy atom. The van der Waals surface area contributed by atoms with Crippen LogP contribution in [-0.2, 0) is 14.3 Å². The van der Waals surface area contributed by atoms with E-state index in [0.717, 1.165) is 0 Å². The monoisotopic (exact) mass is 175 g/mol. The molecule has 1 aliphatic rings. The second kappa shape index (κ2) is 4.39. The molecule has 0 aromatic heterocycles. The summed E-state index contributed by atoms with van der Waals surface area (Å²) in [6, 6.07) is -0.571. The first-order chi connectivity index (χ1) is 5.74. The average molecular weight is 175 g/mol. The molecule has 1 aliphatic heterocycles. The van der Waals surface area contributed by atoms with Crippen LogP contribution >= 0.6 is 0 Å². The molecule has 1 saturated heterocycles. The SMILES string of the molecule is COCC1CNC(C(=O)O)CO1. The van der Waals surface area contributed by atoms with Crippen molar-refractivity contribution < 1.29 is 19.4 Å². The highest BCUT2D eigenvalue weighted by molar-refractivity contribution is 5.73. The maximum absolute atomic E-state index is 10.4. The minimum absolute atomic E-state index is 0.0226. The summed E-state index contributed by atoms with van der Waals surface area (Å²) in [5.41, 5.74) is 0. The van der Waals surface area contributed by atoms with Crippen molar-refractivity contribution in [3.05, 3.63) is 0 Å². The van der Waals surface area contributed by atoms with Crippen LogP contribution in [0.1, 0.15) is 0 Å². The Morgan fingerprint density at radius 2 is 2.58 bits per heavy atom. The third-order valence-electron chi connectivity index (χ3n) is 1.74. The standard InChI is InChI=1S/C7H13NO4/c1-11-3-5-2-8-6(4-12-5)7(9)10/h5-6,8H,2-4H2,1H3,(H,9,10). The normalized spacial score (nSPS) is 30.1. The highest BCUT2D eigenvalue weighted by Crippen LogP contribution is 2.01. The molecule has 70 valence electrons. The number of carboxylic acid groups (broad SMARTS) is 1. The number of carbonyl (C=O) groups is 1. The molecule has 5 nitrogen and oxygen atoms in total. The van der Waals surface area contributed by atoms with E-state index in [1.807, 2.05) is 0 Å². The molecule has 2 atom stereocenters. The van der Waals surface area contributed by atoms with Crippen molar-refractivity contribution in [2.45, 2.75) is 12.1 Å². The maximum Gasteiger partial charge on any atom is 0.323 e. The first kappa shape index (κ1) is 9.44. The van der Waals surface area contributed by atoms with E-state index in [9.17, 15) is 4.79 Å². The summed E-state index contributed by atoms with van der Waals surface area (Å²) in [4.78, 5) is 10.4. The van der Waals surface area contributed by atoms with Crippen LogP contribution < -0.4 is 5.32 Å². The summed E-state index contributed by atoms with van der Waals surface area (Å²) < 4.78 is 10.1. The third kappa shape index (κ3) is 2.44. The lowest BCUT2D eigenvalue weighted by molar-refractivity contribution is -0.145. The molecule has 0 spiro atoms. The van der Waals surface area contributed by atoms with Gasteiger partial charge in [-0.05, 0) is 0 Å². The summed E-state index contributed by atoms with van der Waals surface area (Å²) in [5.74, 6) is -0.870. The number of ether oxygens (including phenoxy) is 2. The minimum Gasteiger partial charge on any atom is -0.480 e. The average Bonchev–Trinajstić information content (AvgIpc) is 2.06. The Labute approximate surface area is 70.7 Å². The summed E-state index contributed by atoms with van der Waals surface area (Å²) in [5, 5.41) is 11.4. The zero-order chi connectivity index (χ0) is 8.97. The molecule has 12 heavy (non-hydrogen) atoms. The van der Waals surface area contributed by atoms with Crippen LogP contribution in [0.15, 0.2) is 0 Å². The van der Waals surface area contributed by atoms with Gasteiger partial charge in [0.15, 0.2) is 0 Å². The third-order valence-corrected chi connectivity index (χ3v) is 1.74. The van der Waals surface area contributed by atoms with E-state index < -0.39 is 12.0 Å². The molecule has 0 aliphatic carbocycles. The van der Waals surface area contributed by atoms with Gasteiger partial charge in [-0.3, -0.25) is 10.1 Å². The molecular weight excluding hydrogens is 162 g/mol. The Bertz CT molecular complexity index is 153. The van der Waals surface area contributed by atoms with Crippen molar-refractivity contribution in [3.63, 3.8) is 0 Å². The van der Waals surface area contributed by atoms with Gasteiger partial charge in [-0.15, -0.1) is 0 Å². The molecule has 0 aromatic carbocycles. The second-order valence-corrected chi connectivity index (χ2v) is 2.71. The first-order valence-electron chi connectivity index (χ1n) is 3.80. The van der Waals surface area contributed by atoms with Crippen LogP contribution in [0.4, 0.5) is 0 Å². The van der Waals surface area contributed by atoms with Crippen LogP contribution in [0.3, 0.4) is 0 Å². The Balaban J connectivity index is 2.25. The van der Waals surface area contributed by atoms with E-state index in [-0.39, 0.29) is 12.7 Å². The molecule has 0 aromatic rings. The van der Waals surface area contributed by atoms with Crippen molar-refractivity contribution in [3.8, 4) is 0 Å². The van der Waals surface area contributed by atoms with Gasteiger partial charge in [0.25, 0.3) is 0 Å². The summed E-state index contributed by atoms with van der Waals surface area (Å²) in [7, 11) is 1.59. The molecule has 1 rings (SSSR count).